The Kier molecular flexibility index (Phi) is 5.50. The number of hydrogen-bond donors (Lipinski definition) is 1. The molecule has 0 fully saturated rings. The van der Waals surface area contributed by atoms with Crippen molar-refractivity contribution >= 4 is 28.6 Å². The van der Waals surface area contributed by atoms with Gasteiger partial charge in [-0.25, -0.2) is 9.78 Å². The number of pyridine rings is 1. The van der Waals surface area contributed by atoms with E-state index in [1.54, 1.807) is 28.6 Å². The molecule has 1 unspecified atom stereocenters. The summed E-state index contributed by atoms with van der Waals surface area (Å²) in [5, 5.41) is 2.09. The molecule has 0 bridgehead atoms. The largest absolute Gasteiger partial charge is 0.471 e. The molecule has 0 saturated carbocycles. The summed E-state index contributed by atoms with van der Waals surface area (Å²) in [5.41, 5.74) is 2.48. The number of fused-ring (bicyclic) bond motifs is 2. The Balaban J connectivity index is 1.75. The van der Waals surface area contributed by atoms with E-state index in [0.717, 1.165) is 11.3 Å². The molecule has 1 atom stereocenters. The molecule has 10 heteroatoms. The number of halogens is 3. The summed E-state index contributed by atoms with van der Waals surface area (Å²) in [4.78, 5) is 30.9. The molecule has 0 radical (unpaired) electrons. The fraction of sp³-hybridized carbons (Fsp3) is 0.435. The summed E-state index contributed by atoms with van der Waals surface area (Å²) in [6, 6.07) is 10.2. The second kappa shape index (κ2) is 7.93. The highest BCUT2D eigenvalue weighted by Gasteiger charge is 2.40. The maximum absolute atomic E-state index is 12.8. The Labute approximate surface area is 188 Å². The molecule has 3 aromatic rings. The predicted molar refractivity (Wildman–Crippen MR) is 120 cm³/mol. The standard InChI is InChI=1S/C23H26F3N5O2/c1-22(2,3)13-31-17-9-10-18(28-19(17)29(4)21(31)33)30-12-15(27-20(32)23(24,25)26)11-14-7-5-6-8-16(14)30/h5-10,15H,11-13H2,1-4H3,(H,27,32). The summed E-state index contributed by atoms with van der Waals surface area (Å²) < 4.78 is 41.6. The number of alkyl halides is 3. The lowest BCUT2D eigenvalue weighted by molar-refractivity contribution is -0.174. The van der Waals surface area contributed by atoms with Gasteiger partial charge in [0.1, 0.15) is 5.82 Å². The van der Waals surface area contributed by atoms with Crippen LogP contribution in [0.2, 0.25) is 0 Å². The molecular formula is C23H26F3N5O2. The minimum absolute atomic E-state index is 0.119. The number of nitrogens with zero attached hydrogens (tertiary/aromatic N) is 4. The van der Waals surface area contributed by atoms with E-state index in [9.17, 15) is 22.8 Å². The van der Waals surface area contributed by atoms with Crippen LogP contribution in [0, 0.1) is 5.41 Å². The van der Waals surface area contributed by atoms with Crippen molar-refractivity contribution in [3.8, 4) is 0 Å². The number of nitrogens with one attached hydrogen (secondary N) is 1. The molecule has 33 heavy (non-hydrogen) atoms. The average Bonchev–Trinajstić information content (AvgIpc) is 2.95. The first-order chi connectivity index (χ1) is 15.3. The topological polar surface area (TPSA) is 72.2 Å². The lowest BCUT2D eigenvalue weighted by Gasteiger charge is -2.35. The summed E-state index contributed by atoms with van der Waals surface area (Å²) in [5.74, 6) is -1.47. The van der Waals surface area contributed by atoms with Crippen molar-refractivity contribution < 1.29 is 18.0 Å². The van der Waals surface area contributed by atoms with Crippen molar-refractivity contribution in [1.29, 1.82) is 0 Å². The lowest BCUT2D eigenvalue weighted by Crippen LogP contribution is -2.50. The average molecular weight is 461 g/mol. The highest BCUT2D eigenvalue weighted by atomic mass is 19.4. The zero-order valence-corrected chi connectivity index (χ0v) is 18.9. The fourth-order valence-corrected chi connectivity index (χ4v) is 4.22. The zero-order valence-electron chi connectivity index (χ0n) is 18.9. The van der Waals surface area contributed by atoms with E-state index in [1.807, 2.05) is 45.0 Å². The lowest BCUT2D eigenvalue weighted by atomic mass is 9.97. The van der Waals surface area contributed by atoms with Gasteiger partial charge in [0.15, 0.2) is 5.65 Å². The molecule has 0 aliphatic carbocycles. The summed E-state index contributed by atoms with van der Waals surface area (Å²) in [7, 11) is 1.65. The number of aryl methyl sites for hydroxylation is 1. The highest BCUT2D eigenvalue weighted by Crippen LogP contribution is 2.33. The Morgan fingerprint density at radius 2 is 1.85 bits per heavy atom. The molecule has 4 rings (SSSR count). The van der Waals surface area contributed by atoms with Gasteiger partial charge in [0.2, 0.25) is 0 Å². The number of para-hydroxylation sites is 1. The number of benzene rings is 1. The third kappa shape index (κ3) is 4.46. The predicted octanol–water partition coefficient (Wildman–Crippen LogP) is 3.52. The Bertz CT molecular complexity index is 1270. The monoisotopic (exact) mass is 461 g/mol. The van der Waals surface area contributed by atoms with Crippen LogP contribution in [0.15, 0.2) is 41.2 Å². The Morgan fingerprint density at radius 3 is 2.52 bits per heavy atom. The van der Waals surface area contributed by atoms with Crippen LogP contribution in [-0.4, -0.2) is 38.8 Å². The van der Waals surface area contributed by atoms with Crippen LogP contribution in [0.1, 0.15) is 26.3 Å². The number of hydrogen-bond acceptors (Lipinski definition) is 4. The second-order valence-corrected chi connectivity index (χ2v) is 9.61. The van der Waals surface area contributed by atoms with Crippen molar-refractivity contribution in [2.24, 2.45) is 12.5 Å². The maximum Gasteiger partial charge on any atom is 0.471 e. The van der Waals surface area contributed by atoms with Crippen LogP contribution in [-0.2, 0) is 24.8 Å². The maximum atomic E-state index is 12.8. The number of rotatable bonds is 3. The number of aromatic nitrogens is 3. The summed E-state index contributed by atoms with van der Waals surface area (Å²) >= 11 is 0. The number of amides is 1. The highest BCUT2D eigenvalue weighted by molar-refractivity contribution is 5.82. The van der Waals surface area contributed by atoms with Crippen molar-refractivity contribution in [1.82, 2.24) is 19.4 Å². The van der Waals surface area contributed by atoms with Crippen LogP contribution >= 0.6 is 0 Å². The van der Waals surface area contributed by atoms with Gasteiger partial charge in [-0.3, -0.25) is 13.9 Å². The molecule has 2 aromatic heterocycles. The van der Waals surface area contributed by atoms with Crippen molar-refractivity contribution in [3.63, 3.8) is 0 Å². The number of anilines is 2. The number of imidazole rings is 1. The van der Waals surface area contributed by atoms with Gasteiger partial charge in [-0.05, 0) is 35.6 Å². The van der Waals surface area contributed by atoms with Crippen LogP contribution in [0.5, 0.6) is 0 Å². The molecule has 1 aliphatic rings. The molecule has 3 heterocycles. The normalized spacial score (nSPS) is 16.7. The molecule has 1 aromatic carbocycles. The van der Waals surface area contributed by atoms with Crippen LogP contribution < -0.4 is 15.9 Å². The van der Waals surface area contributed by atoms with E-state index in [1.165, 1.54) is 4.57 Å². The van der Waals surface area contributed by atoms with Crippen molar-refractivity contribution in [2.45, 2.75) is 46.0 Å². The van der Waals surface area contributed by atoms with E-state index in [4.69, 9.17) is 4.98 Å². The molecule has 7 nitrogen and oxygen atoms in total. The van der Waals surface area contributed by atoms with Gasteiger partial charge in [0.25, 0.3) is 0 Å². The zero-order chi connectivity index (χ0) is 24.1. The third-order valence-corrected chi connectivity index (χ3v) is 5.62. The molecule has 0 spiro atoms. The number of carbonyl (C=O) groups is 1. The SMILES string of the molecule is Cn1c(=O)n(CC(C)(C)C)c2ccc(N3CC(NC(=O)C(F)(F)F)Cc4ccccc43)nc21. The first-order valence-electron chi connectivity index (χ1n) is 10.6. The minimum Gasteiger partial charge on any atom is -0.343 e. The van der Waals surface area contributed by atoms with Gasteiger partial charge in [0, 0.05) is 25.8 Å². The van der Waals surface area contributed by atoms with E-state index < -0.39 is 18.1 Å². The Hall–Kier alpha value is -3.30. The minimum atomic E-state index is -4.95. The molecule has 0 saturated heterocycles. The van der Waals surface area contributed by atoms with Gasteiger partial charge in [-0.15, -0.1) is 0 Å². The smallest absolute Gasteiger partial charge is 0.343 e. The Morgan fingerprint density at radius 1 is 1.15 bits per heavy atom. The van der Waals surface area contributed by atoms with Crippen LogP contribution in [0.4, 0.5) is 24.7 Å². The third-order valence-electron chi connectivity index (χ3n) is 5.62. The molecule has 1 aliphatic heterocycles. The molecule has 1 amide bonds. The summed E-state index contributed by atoms with van der Waals surface area (Å²) in [6.45, 7) is 6.76. The first-order valence-corrected chi connectivity index (χ1v) is 10.6. The first kappa shape index (κ1) is 22.9. The van der Waals surface area contributed by atoms with Gasteiger partial charge in [-0.2, -0.15) is 13.2 Å². The number of carbonyl (C=O) groups excluding carboxylic acids is 1. The van der Waals surface area contributed by atoms with Gasteiger partial charge >= 0.3 is 17.8 Å². The van der Waals surface area contributed by atoms with Gasteiger partial charge < -0.3 is 10.2 Å². The fourth-order valence-electron chi connectivity index (χ4n) is 4.22. The molecule has 176 valence electrons. The van der Waals surface area contributed by atoms with E-state index in [-0.39, 0.29) is 24.1 Å². The van der Waals surface area contributed by atoms with Crippen LogP contribution in [0.3, 0.4) is 0 Å². The molecular weight excluding hydrogens is 435 g/mol. The van der Waals surface area contributed by atoms with E-state index >= 15 is 0 Å². The van der Waals surface area contributed by atoms with Crippen LogP contribution in [0.25, 0.3) is 11.2 Å². The van der Waals surface area contributed by atoms with Crippen molar-refractivity contribution in [2.75, 3.05) is 11.4 Å². The van der Waals surface area contributed by atoms with E-state index in [0.29, 0.717) is 23.5 Å². The van der Waals surface area contributed by atoms with Gasteiger partial charge in [-0.1, -0.05) is 39.0 Å². The van der Waals surface area contributed by atoms with Gasteiger partial charge in [0.05, 0.1) is 11.6 Å². The second-order valence-electron chi connectivity index (χ2n) is 9.61. The molecule has 1 N–H and O–H groups in total. The quantitative estimate of drug-likeness (QED) is 0.648. The summed E-state index contributed by atoms with van der Waals surface area (Å²) in [6.07, 6.45) is -4.68. The van der Waals surface area contributed by atoms with E-state index in [2.05, 4.69) is 5.32 Å². The van der Waals surface area contributed by atoms with Crippen molar-refractivity contribution in [3.05, 3.63) is 52.4 Å².